The van der Waals surface area contributed by atoms with Gasteiger partial charge in [0.2, 0.25) is 0 Å². The molecule has 1 heterocycles. The Kier molecular flexibility index (Phi) is 5.38. The Balaban J connectivity index is 2.18. The van der Waals surface area contributed by atoms with E-state index in [0.29, 0.717) is 11.6 Å². The predicted octanol–water partition coefficient (Wildman–Crippen LogP) is 3.27. The standard InChI is InChI=1S/C15H19N3O2S/c1-3-21-7-6-10(2)18-14-12-5-4-11(15(19)20)8-13(12)16-9-17-14/h4-5,8-10H,3,6-7H2,1-2H3,(H,19,20)(H,16,17,18). The summed E-state index contributed by atoms with van der Waals surface area (Å²) in [5.41, 5.74) is 0.877. The number of rotatable bonds is 7. The molecule has 1 atom stereocenters. The van der Waals surface area contributed by atoms with Crippen LogP contribution < -0.4 is 5.32 Å². The molecule has 112 valence electrons. The highest BCUT2D eigenvalue weighted by Gasteiger charge is 2.10. The van der Waals surface area contributed by atoms with Crippen LogP contribution in [0.1, 0.15) is 30.6 Å². The van der Waals surface area contributed by atoms with Gasteiger partial charge in [-0.2, -0.15) is 11.8 Å². The smallest absolute Gasteiger partial charge is 0.335 e. The number of anilines is 1. The Morgan fingerprint density at radius 2 is 2.24 bits per heavy atom. The third-order valence-corrected chi connectivity index (χ3v) is 4.10. The van der Waals surface area contributed by atoms with E-state index in [4.69, 9.17) is 5.11 Å². The summed E-state index contributed by atoms with van der Waals surface area (Å²) < 4.78 is 0. The van der Waals surface area contributed by atoms with Crippen LogP contribution in [0.15, 0.2) is 24.5 Å². The number of fused-ring (bicyclic) bond motifs is 1. The Bertz CT molecular complexity index is 633. The molecule has 0 fully saturated rings. The third kappa shape index (κ3) is 4.07. The van der Waals surface area contributed by atoms with Crippen molar-refractivity contribution in [3.63, 3.8) is 0 Å². The zero-order valence-corrected chi connectivity index (χ0v) is 13.0. The minimum atomic E-state index is -0.949. The molecule has 0 bridgehead atoms. The van der Waals surface area contributed by atoms with E-state index >= 15 is 0 Å². The van der Waals surface area contributed by atoms with E-state index in [1.54, 1.807) is 18.2 Å². The lowest BCUT2D eigenvalue weighted by Crippen LogP contribution is -2.17. The number of nitrogens with zero attached hydrogens (tertiary/aromatic N) is 2. The molecule has 0 aliphatic carbocycles. The van der Waals surface area contributed by atoms with E-state index in [1.165, 1.54) is 6.33 Å². The molecule has 6 heteroatoms. The summed E-state index contributed by atoms with van der Waals surface area (Å²) in [5.74, 6) is 2.04. The van der Waals surface area contributed by atoms with Gasteiger partial charge in [0.25, 0.3) is 0 Å². The van der Waals surface area contributed by atoms with Crippen molar-refractivity contribution in [2.45, 2.75) is 26.3 Å². The normalized spacial score (nSPS) is 12.3. The quantitative estimate of drug-likeness (QED) is 0.765. The molecule has 5 nitrogen and oxygen atoms in total. The third-order valence-electron chi connectivity index (χ3n) is 3.17. The van der Waals surface area contributed by atoms with E-state index in [9.17, 15) is 4.79 Å². The summed E-state index contributed by atoms with van der Waals surface area (Å²) in [5, 5.41) is 13.2. The van der Waals surface area contributed by atoms with Crippen molar-refractivity contribution < 1.29 is 9.90 Å². The van der Waals surface area contributed by atoms with Gasteiger partial charge in [-0.05, 0) is 43.0 Å². The molecule has 2 aromatic rings. The molecule has 0 saturated heterocycles. The number of thioether (sulfide) groups is 1. The minimum Gasteiger partial charge on any atom is -0.478 e. The second-order valence-corrected chi connectivity index (χ2v) is 6.18. The van der Waals surface area contributed by atoms with Gasteiger partial charge in [0.1, 0.15) is 12.1 Å². The number of hydrogen-bond acceptors (Lipinski definition) is 5. The van der Waals surface area contributed by atoms with Gasteiger partial charge in [-0.1, -0.05) is 6.92 Å². The second kappa shape index (κ2) is 7.26. The molecule has 0 radical (unpaired) electrons. The summed E-state index contributed by atoms with van der Waals surface area (Å²) >= 11 is 1.92. The van der Waals surface area contributed by atoms with Crippen LogP contribution in [0.2, 0.25) is 0 Å². The number of benzene rings is 1. The molecule has 0 spiro atoms. The number of nitrogens with one attached hydrogen (secondary N) is 1. The molecule has 2 rings (SSSR count). The lowest BCUT2D eigenvalue weighted by atomic mass is 10.1. The maximum absolute atomic E-state index is 11.0. The van der Waals surface area contributed by atoms with Crippen molar-refractivity contribution in [1.29, 1.82) is 0 Å². The number of carbonyl (C=O) groups is 1. The van der Waals surface area contributed by atoms with Crippen LogP contribution in [0.5, 0.6) is 0 Å². The van der Waals surface area contributed by atoms with E-state index in [0.717, 1.165) is 29.1 Å². The first-order chi connectivity index (χ1) is 10.1. The highest BCUT2D eigenvalue weighted by Crippen LogP contribution is 2.21. The van der Waals surface area contributed by atoms with Gasteiger partial charge < -0.3 is 10.4 Å². The van der Waals surface area contributed by atoms with Crippen LogP contribution in [0.3, 0.4) is 0 Å². The highest BCUT2D eigenvalue weighted by atomic mass is 32.2. The fraction of sp³-hybridized carbons (Fsp3) is 0.400. The molecule has 21 heavy (non-hydrogen) atoms. The Morgan fingerprint density at radius 1 is 1.43 bits per heavy atom. The molecule has 1 unspecified atom stereocenters. The summed E-state index contributed by atoms with van der Waals surface area (Å²) in [6.45, 7) is 4.27. The van der Waals surface area contributed by atoms with Crippen LogP contribution in [0.25, 0.3) is 10.9 Å². The first kappa shape index (κ1) is 15.6. The van der Waals surface area contributed by atoms with Crippen molar-refractivity contribution in [1.82, 2.24) is 9.97 Å². The van der Waals surface area contributed by atoms with E-state index in [2.05, 4.69) is 29.1 Å². The fourth-order valence-electron chi connectivity index (χ4n) is 2.02. The van der Waals surface area contributed by atoms with E-state index in [1.807, 2.05) is 11.8 Å². The molecule has 0 aliphatic rings. The number of carboxylic acid groups (broad SMARTS) is 1. The Hall–Kier alpha value is -1.82. The van der Waals surface area contributed by atoms with Crippen LogP contribution in [0.4, 0.5) is 5.82 Å². The van der Waals surface area contributed by atoms with Gasteiger partial charge in [-0.25, -0.2) is 14.8 Å². The van der Waals surface area contributed by atoms with E-state index in [-0.39, 0.29) is 5.56 Å². The molecular formula is C15H19N3O2S. The van der Waals surface area contributed by atoms with E-state index < -0.39 is 5.97 Å². The molecule has 0 saturated carbocycles. The summed E-state index contributed by atoms with van der Waals surface area (Å²) in [7, 11) is 0. The molecule has 1 aromatic heterocycles. The Labute approximate surface area is 128 Å². The second-order valence-electron chi connectivity index (χ2n) is 4.79. The largest absolute Gasteiger partial charge is 0.478 e. The lowest BCUT2D eigenvalue weighted by Gasteiger charge is -2.15. The van der Waals surface area contributed by atoms with Gasteiger partial charge in [-0.3, -0.25) is 0 Å². The maximum atomic E-state index is 11.0. The minimum absolute atomic E-state index is 0.236. The zero-order chi connectivity index (χ0) is 15.2. The average molecular weight is 305 g/mol. The monoisotopic (exact) mass is 305 g/mol. The topological polar surface area (TPSA) is 75.1 Å². The van der Waals surface area contributed by atoms with Gasteiger partial charge >= 0.3 is 5.97 Å². The average Bonchev–Trinajstić information content (AvgIpc) is 2.47. The first-order valence-corrected chi connectivity index (χ1v) is 8.09. The van der Waals surface area contributed by atoms with Gasteiger partial charge in [0.15, 0.2) is 0 Å². The molecule has 0 aliphatic heterocycles. The van der Waals surface area contributed by atoms with Gasteiger partial charge in [0.05, 0.1) is 11.1 Å². The molecular weight excluding hydrogens is 286 g/mol. The number of aromatic nitrogens is 2. The number of aromatic carboxylic acids is 1. The van der Waals surface area contributed by atoms with Crippen molar-refractivity contribution in [2.75, 3.05) is 16.8 Å². The van der Waals surface area contributed by atoms with Crippen LogP contribution in [-0.4, -0.2) is 38.6 Å². The Morgan fingerprint density at radius 3 is 2.95 bits per heavy atom. The zero-order valence-electron chi connectivity index (χ0n) is 12.2. The lowest BCUT2D eigenvalue weighted by molar-refractivity contribution is 0.0697. The van der Waals surface area contributed by atoms with Crippen molar-refractivity contribution >= 4 is 34.5 Å². The number of hydrogen-bond donors (Lipinski definition) is 2. The summed E-state index contributed by atoms with van der Waals surface area (Å²) in [6.07, 6.45) is 2.51. The SMILES string of the molecule is CCSCCC(C)Nc1ncnc2cc(C(=O)O)ccc12. The predicted molar refractivity (Wildman–Crippen MR) is 87.2 cm³/mol. The van der Waals surface area contributed by atoms with Gasteiger partial charge in [-0.15, -0.1) is 0 Å². The van der Waals surface area contributed by atoms with Crippen LogP contribution in [0, 0.1) is 0 Å². The summed E-state index contributed by atoms with van der Waals surface area (Å²) in [4.78, 5) is 19.4. The molecule has 0 amide bonds. The highest BCUT2D eigenvalue weighted by molar-refractivity contribution is 7.99. The summed E-state index contributed by atoms with van der Waals surface area (Å²) in [6, 6.07) is 5.22. The molecule has 1 aromatic carbocycles. The molecule has 2 N–H and O–H groups in total. The van der Waals surface area contributed by atoms with Gasteiger partial charge in [0, 0.05) is 11.4 Å². The number of carboxylic acids is 1. The van der Waals surface area contributed by atoms with Crippen molar-refractivity contribution in [2.24, 2.45) is 0 Å². The van der Waals surface area contributed by atoms with Crippen molar-refractivity contribution in [3.05, 3.63) is 30.1 Å². The maximum Gasteiger partial charge on any atom is 0.335 e. The first-order valence-electron chi connectivity index (χ1n) is 6.94. The van der Waals surface area contributed by atoms with Crippen molar-refractivity contribution in [3.8, 4) is 0 Å². The van der Waals surface area contributed by atoms with Crippen LogP contribution in [-0.2, 0) is 0 Å². The van der Waals surface area contributed by atoms with Crippen LogP contribution >= 0.6 is 11.8 Å². The fourth-order valence-corrected chi connectivity index (χ4v) is 2.82.